The van der Waals surface area contributed by atoms with Gasteiger partial charge in [-0.2, -0.15) is 26.3 Å². The molecule has 45 heavy (non-hydrogen) atoms. The second-order valence-corrected chi connectivity index (χ2v) is 8.93. The van der Waals surface area contributed by atoms with Gasteiger partial charge in [0.05, 0.1) is 31.1 Å². The smallest absolute Gasteiger partial charge is 0.475 e. The topological polar surface area (TPSA) is 148 Å². The number of carboxylic acid groups (broad SMARTS) is 1. The van der Waals surface area contributed by atoms with E-state index in [0.29, 0.717) is 17.1 Å². The minimum Gasteiger partial charge on any atom is -0.475 e. The van der Waals surface area contributed by atoms with E-state index in [1.54, 1.807) is 24.4 Å². The monoisotopic (exact) mass is 638 g/mol. The van der Waals surface area contributed by atoms with Gasteiger partial charge in [-0.15, -0.1) is 5.10 Å². The zero-order valence-corrected chi connectivity index (χ0v) is 23.0. The summed E-state index contributed by atoms with van der Waals surface area (Å²) < 4.78 is 76.2. The van der Waals surface area contributed by atoms with Crippen molar-refractivity contribution in [2.45, 2.75) is 32.1 Å². The van der Waals surface area contributed by atoms with Crippen LogP contribution in [0.5, 0.6) is 0 Å². The fraction of sp³-hybridized carbons (Fsp3) is 0.214. The van der Waals surface area contributed by atoms with Crippen molar-refractivity contribution < 1.29 is 50.6 Å². The van der Waals surface area contributed by atoms with E-state index in [4.69, 9.17) is 14.6 Å². The van der Waals surface area contributed by atoms with Crippen LogP contribution in [0.3, 0.4) is 0 Å². The van der Waals surface area contributed by atoms with Gasteiger partial charge in [-0.25, -0.2) is 9.48 Å². The molecule has 2 aromatic carbocycles. The largest absolute Gasteiger partial charge is 0.490 e. The number of halogens is 6. The van der Waals surface area contributed by atoms with Gasteiger partial charge >= 0.3 is 18.3 Å². The summed E-state index contributed by atoms with van der Waals surface area (Å²) in [6.07, 6.45) is -7.98. The predicted molar refractivity (Wildman–Crippen MR) is 144 cm³/mol. The van der Waals surface area contributed by atoms with Crippen molar-refractivity contribution in [1.82, 2.24) is 30.6 Å². The number of hydrogen-bond acceptors (Lipinski definition) is 7. The molecule has 3 N–H and O–H groups in total. The molecule has 0 radical (unpaired) electrons. The van der Waals surface area contributed by atoms with E-state index < -0.39 is 36.7 Å². The summed E-state index contributed by atoms with van der Waals surface area (Å²) in [5.74, 6) is -4.11. The Morgan fingerprint density at radius 3 is 2.04 bits per heavy atom. The molecule has 2 aromatic heterocycles. The van der Waals surface area contributed by atoms with Crippen LogP contribution in [0.2, 0.25) is 0 Å². The summed E-state index contributed by atoms with van der Waals surface area (Å²) in [5.41, 5.74) is 2.46. The number of hydrogen-bond donors (Lipinski definition) is 3. The molecule has 2 heterocycles. The molecule has 0 bridgehead atoms. The van der Waals surface area contributed by atoms with Crippen LogP contribution in [0.1, 0.15) is 37.8 Å². The molecule has 17 heteroatoms. The maximum absolute atomic E-state index is 13.0. The molecule has 2 amide bonds. The molecule has 4 aromatic rings. The fourth-order valence-corrected chi connectivity index (χ4v) is 3.45. The summed E-state index contributed by atoms with van der Waals surface area (Å²) in [7, 11) is 0. The Bertz CT molecular complexity index is 1560. The lowest BCUT2D eigenvalue weighted by atomic mass is 10.2. The molecule has 0 unspecified atom stereocenters. The summed E-state index contributed by atoms with van der Waals surface area (Å²) in [6, 6.07) is 20.5. The summed E-state index contributed by atoms with van der Waals surface area (Å²) in [5, 5.41) is 19.8. The Morgan fingerprint density at radius 2 is 1.47 bits per heavy atom. The molecule has 0 saturated heterocycles. The van der Waals surface area contributed by atoms with Gasteiger partial charge in [0.2, 0.25) is 0 Å². The molecule has 0 atom stereocenters. The zero-order valence-electron chi connectivity index (χ0n) is 23.0. The van der Waals surface area contributed by atoms with Gasteiger partial charge in [0.25, 0.3) is 11.8 Å². The van der Waals surface area contributed by atoms with Crippen LogP contribution in [-0.2, 0) is 29.3 Å². The van der Waals surface area contributed by atoms with Crippen molar-refractivity contribution in [1.29, 1.82) is 0 Å². The Morgan fingerprint density at radius 1 is 0.822 bits per heavy atom. The number of nitrogens with zero attached hydrogens (tertiary/aromatic N) is 4. The molecule has 0 saturated carbocycles. The Labute approximate surface area is 250 Å². The molecule has 0 aliphatic heterocycles. The highest BCUT2D eigenvalue weighted by molar-refractivity contribution is 5.94. The molecular weight excluding hydrogens is 614 g/mol. The van der Waals surface area contributed by atoms with Gasteiger partial charge in [-0.05, 0) is 42.0 Å². The number of benzene rings is 2. The Kier molecular flexibility index (Phi) is 11.7. The number of alkyl halides is 6. The normalized spacial score (nSPS) is 11.2. The Hall–Kier alpha value is -5.32. The SMILES string of the molecule is O=C(NCC(F)(F)F)c1ccc(-n2nnc(C(=O)NCc3ccccn3)c2COCc2ccccc2)cc1.O=C(O)C(F)(F)F. The van der Waals surface area contributed by atoms with Crippen LogP contribution in [-0.4, -0.2) is 61.8 Å². The predicted octanol–water partition coefficient (Wildman–Crippen LogP) is 4.23. The molecule has 4 rings (SSSR count). The van der Waals surface area contributed by atoms with Crippen LogP contribution in [0.25, 0.3) is 5.69 Å². The van der Waals surface area contributed by atoms with Crippen LogP contribution in [0, 0.1) is 0 Å². The first-order valence-electron chi connectivity index (χ1n) is 12.7. The standard InChI is InChI=1S/C26H23F3N6O3.C2HF3O2/c27-26(28,29)17-32-24(36)19-9-11-21(12-10-19)35-22(16-38-15-18-6-2-1-3-7-18)23(33-34-35)25(37)31-14-20-8-4-5-13-30-20;3-2(4,5)1(6)7/h1-13H,14-17H2,(H,31,37)(H,32,36);(H,6,7). The third-order valence-corrected chi connectivity index (χ3v) is 5.55. The number of aliphatic carboxylic acids is 1. The van der Waals surface area contributed by atoms with E-state index in [2.05, 4.69) is 20.6 Å². The van der Waals surface area contributed by atoms with Crippen LogP contribution in [0.15, 0.2) is 79.0 Å². The second-order valence-electron chi connectivity index (χ2n) is 8.93. The Balaban J connectivity index is 0.000000707. The summed E-state index contributed by atoms with van der Waals surface area (Å²) in [6.45, 7) is -0.990. The lowest BCUT2D eigenvalue weighted by Gasteiger charge is -2.11. The van der Waals surface area contributed by atoms with Crippen molar-refractivity contribution in [2.75, 3.05) is 6.54 Å². The van der Waals surface area contributed by atoms with Crippen molar-refractivity contribution in [3.05, 3.63) is 107 Å². The highest BCUT2D eigenvalue weighted by atomic mass is 19.4. The minimum atomic E-state index is -5.08. The second kappa shape index (κ2) is 15.4. The number of rotatable bonds is 10. The van der Waals surface area contributed by atoms with E-state index in [0.717, 1.165) is 5.56 Å². The molecular formula is C28H24F6N6O5. The van der Waals surface area contributed by atoms with Crippen molar-refractivity contribution in [2.24, 2.45) is 0 Å². The molecule has 0 aliphatic carbocycles. The number of ether oxygens (including phenoxy) is 1. The molecule has 0 spiro atoms. The van der Waals surface area contributed by atoms with Gasteiger partial charge in [-0.3, -0.25) is 14.6 Å². The fourth-order valence-electron chi connectivity index (χ4n) is 3.45. The van der Waals surface area contributed by atoms with Gasteiger partial charge in [0.15, 0.2) is 5.69 Å². The number of nitrogens with one attached hydrogen (secondary N) is 2. The molecule has 0 fully saturated rings. The minimum absolute atomic E-state index is 0.0119. The third kappa shape index (κ3) is 11.0. The quantitative estimate of drug-likeness (QED) is 0.219. The van der Waals surface area contributed by atoms with Gasteiger partial charge < -0.3 is 20.5 Å². The number of pyridine rings is 1. The average Bonchev–Trinajstić information content (AvgIpc) is 3.43. The van der Waals surface area contributed by atoms with E-state index in [-0.39, 0.29) is 31.0 Å². The van der Waals surface area contributed by atoms with Gasteiger partial charge in [0.1, 0.15) is 12.2 Å². The molecule has 11 nitrogen and oxygen atoms in total. The van der Waals surface area contributed by atoms with Gasteiger partial charge in [0, 0.05) is 11.8 Å². The highest BCUT2D eigenvalue weighted by Gasteiger charge is 2.38. The number of carbonyl (C=O) groups is 3. The maximum Gasteiger partial charge on any atom is 0.490 e. The first-order valence-corrected chi connectivity index (χ1v) is 12.7. The third-order valence-electron chi connectivity index (χ3n) is 5.55. The first kappa shape index (κ1) is 34.2. The number of aromatic nitrogens is 4. The number of amides is 2. The average molecular weight is 639 g/mol. The van der Waals surface area contributed by atoms with Crippen LogP contribution in [0.4, 0.5) is 26.3 Å². The lowest BCUT2D eigenvalue weighted by Crippen LogP contribution is -2.33. The highest BCUT2D eigenvalue weighted by Crippen LogP contribution is 2.18. The summed E-state index contributed by atoms with van der Waals surface area (Å²) in [4.78, 5) is 38.1. The maximum atomic E-state index is 13.0. The van der Waals surface area contributed by atoms with E-state index in [9.17, 15) is 35.9 Å². The number of carbonyl (C=O) groups excluding carboxylic acids is 2. The van der Waals surface area contributed by atoms with E-state index in [1.807, 2.05) is 35.6 Å². The zero-order chi connectivity index (χ0) is 33.0. The van der Waals surface area contributed by atoms with E-state index in [1.165, 1.54) is 28.9 Å². The van der Waals surface area contributed by atoms with Crippen molar-refractivity contribution in [3.8, 4) is 5.69 Å². The van der Waals surface area contributed by atoms with Crippen LogP contribution >= 0.6 is 0 Å². The number of carboxylic acids is 1. The van der Waals surface area contributed by atoms with Crippen molar-refractivity contribution in [3.63, 3.8) is 0 Å². The summed E-state index contributed by atoms with van der Waals surface area (Å²) >= 11 is 0. The lowest BCUT2D eigenvalue weighted by molar-refractivity contribution is -0.192. The molecule has 0 aliphatic rings. The van der Waals surface area contributed by atoms with Crippen molar-refractivity contribution >= 4 is 17.8 Å². The van der Waals surface area contributed by atoms with Crippen LogP contribution < -0.4 is 10.6 Å². The molecule has 238 valence electrons. The van der Waals surface area contributed by atoms with E-state index >= 15 is 0 Å². The first-order chi connectivity index (χ1) is 21.2. The van der Waals surface area contributed by atoms with Gasteiger partial charge in [-0.1, -0.05) is 41.6 Å².